The molecule has 0 fully saturated rings. The van der Waals surface area contributed by atoms with E-state index in [2.05, 4.69) is 0 Å². The van der Waals surface area contributed by atoms with E-state index in [0.29, 0.717) is 3.57 Å². The Bertz CT molecular complexity index is 313. The van der Waals surface area contributed by atoms with Crippen LogP contribution in [0.4, 0.5) is 4.39 Å². The number of carbonyl (C=O) groups excluding carboxylic acids is 1. The zero-order valence-corrected chi connectivity index (χ0v) is 8.42. The molecule has 1 rings (SSSR count). The van der Waals surface area contributed by atoms with Gasteiger partial charge in [-0.3, -0.25) is 4.79 Å². The fourth-order valence-electron chi connectivity index (χ4n) is 0.769. The number of Topliss-reactive ketones (excluding diaryl/α,β-unsaturated/α-hetero) is 1. The number of ketones is 1. The van der Waals surface area contributed by atoms with Gasteiger partial charge in [0, 0.05) is 5.56 Å². The zero-order valence-electron chi connectivity index (χ0n) is 6.27. The van der Waals surface area contributed by atoms with Crippen LogP contribution in [-0.2, 0) is 0 Å². The van der Waals surface area contributed by atoms with E-state index in [4.69, 9.17) is 5.11 Å². The lowest BCUT2D eigenvalue weighted by Gasteiger charge is -2.00. The van der Waals surface area contributed by atoms with Crippen molar-refractivity contribution in [2.75, 3.05) is 0 Å². The number of rotatable bonds is 1. The lowest BCUT2D eigenvalue weighted by atomic mass is 10.1. The molecule has 1 aromatic carbocycles. The molecule has 0 radical (unpaired) electrons. The van der Waals surface area contributed by atoms with Gasteiger partial charge in [0.2, 0.25) is 0 Å². The van der Waals surface area contributed by atoms with Gasteiger partial charge in [-0.25, -0.2) is 4.39 Å². The van der Waals surface area contributed by atoms with Crippen molar-refractivity contribution < 1.29 is 14.3 Å². The predicted molar refractivity (Wildman–Crippen MR) is 50.8 cm³/mol. The van der Waals surface area contributed by atoms with E-state index in [-0.39, 0.29) is 11.3 Å². The maximum atomic E-state index is 12.8. The molecule has 0 bridgehead atoms. The van der Waals surface area contributed by atoms with Crippen LogP contribution in [-0.4, -0.2) is 10.9 Å². The third-order valence-corrected chi connectivity index (χ3v) is 2.25. The van der Waals surface area contributed by atoms with Crippen LogP contribution < -0.4 is 0 Å². The number of hydrogen-bond donors (Lipinski definition) is 1. The highest BCUT2D eigenvalue weighted by Gasteiger charge is 2.09. The summed E-state index contributed by atoms with van der Waals surface area (Å²) < 4.78 is 13.1. The lowest BCUT2D eigenvalue weighted by molar-refractivity contribution is 0.101. The summed E-state index contributed by atoms with van der Waals surface area (Å²) in [6.45, 7) is 1.35. The molecule has 1 N–H and O–H groups in total. The predicted octanol–water partition coefficient (Wildman–Crippen LogP) is 2.34. The molecule has 0 heterocycles. The summed E-state index contributed by atoms with van der Waals surface area (Å²) in [4.78, 5) is 10.8. The number of halogens is 2. The van der Waals surface area contributed by atoms with Crippen molar-refractivity contribution in [1.29, 1.82) is 0 Å². The number of phenols is 1. The van der Waals surface area contributed by atoms with Gasteiger partial charge in [0.1, 0.15) is 0 Å². The summed E-state index contributed by atoms with van der Waals surface area (Å²) in [5.74, 6) is -1.38. The second-order valence-corrected chi connectivity index (χ2v) is 3.51. The first kappa shape index (κ1) is 9.44. The summed E-state index contributed by atoms with van der Waals surface area (Å²) >= 11 is 1.77. The SMILES string of the molecule is CC(=O)c1cc(F)c(O)c(I)c1. The minimum atomic E-state index is -0.757. The smallest absolute Gasteiger partial charge is 0.166 e. The van der Waals surface area contributed by atoms with Crippen molar-refractivity contribution >= 4 is 28.4 Å². The molecule has 4 heteroatoms. The van der Waals surface area contributed by atoms with E-state index in [0.717, 1.165) is 6.07 Å². The van der Waals surface area contributed by atoms with Crippen molar-refractivity contribution in [3.05, 3.63) is 27.1 Å². The van der Waals surface area contributed by atoms with E-state index in [1.165, 1.54) is 13.0 Å². The summed E-state index contributed by atoms with van der Waals surface area (Å²) in [5.41, 5.74) is 0.273. The minimum absolute atomic E-state index is 0.216. The van der Waals surface area contributed by atoms with Gasteiger partial charge in [-0.1, -0.05) is 0 Å². The van der Waals surface area contributed by atoms with Gasteiger partial charge < -0.3 is 5.11 Å². The summed E-state index contributed by atoms with van der Waals surface area (Å²) in [6, 6.07) is 2.47. The van der Waals surface area contributed by atoms with Gasteiger partial charge in [-0.2, -0.15) is 0 Å². The molecule has 0 unspecified atom stereocenters. The monoisotopic (exact) mass is 280 g/mol. The highest BCUT2D eigenvalue weighted by atomic mass is 127. The molecule has 2 nitrogen and oxygen atoms in total. The number of aromatic hydroxyl groups is 1. The van der Waals surface area contributed by atoms with Gasteiger partial charge in [0.05, 0.1) is 3.57 Å². The van der Waals surface area contributed by atoms with Crippen molar-refractivity contribution in [1.82, 2.24) is 0 Å². The van der Waals surface area contributed by atoms with Gasteiger partial charge in [-0.05, 0) is 41.6 Å². The molecule has 1 aromatic rings. The van der Waals surface area contributed by atoms with E-state index in [1.807, 2.05) is 0 Å². The Morgan fingerprint density at radius 1 is 1.58 bits per heavy atom. The molecule has 0 saturated heterocycles. The topological polar surface area (TPSA) is 37.3 Å². The molecular formula is C8H6FIO2. The summed E-state index contributed by atoms with van der Waals surface area (Å²) in [5, 5.41) is 9.02. The average molecular weight is 280 g/mol. The molecule has 0 aliphatic heterocycles. The Kier molecular flexibility index (Phi) is 2.66. The summed E-state index contributed by atoms with van der Waals surface area (Å²) in [7, 11) is 0. The normalized spacial score (nSPS) is 9.92. The summed E-state index contributed by atoms with van der Waals surface area (Å²) in [6.07, 6.45) is 0. The largest absolute Gasteiger partial charge is 0.504 e. The number of benzene rings is 1. The fraction of sp³-hybridized carbons (Fsp3) is 0.125. The minimum Gasteiger partial charge on any atom is -0.504 e. The molecule has 0 spiro atoms. The van der Waals surface area contributed by atoms with Crippen molar-refractivity contribution in [3.63, 3.8) is 0 Å². The number of hydrogen-bond acceptors (Lipinski definition) is 2. The third kappa shape index (κ3) is 1.74. The molecule has 0 saturated carbocycles. The third-order valence-electron chi connectivity index (χ3n) is 1.42. The molecule has 0 amide bonds. The zero-order chi connectivity index (χ0) is 9.30. The van der Waals surface area contributed by atoms with E-state index in [9.17, 15) is 9.18 Å². The van der Waals surface area contributed by atoms with Gasteiger partial charge in [-0.15, -0.1) is 0 Å². The highest BCUT2D eigenvalue weighted by molar-refractivity contribution is 14.1. The number of phenolic OH excluding ortho intramolecular Hbond substituents is 1. The van der Waals surface area contributed by atoms with Gasteiger partial charge in [0.15, 0.2) is 17.3 Å². The maximum Gasteiger partial charge on any atom is 0.166 e. The van der Waals surface area contributed by atoms with Crippen LogP contribution in [0, 0.1) is 9.39 Å². The average Bonchev–Trinajstić information content (AvgIpc) is 1.99. The van der Waals surface area contributed by atoms with Crippen LogP contribution >= 0.6 is 22.6 Å². The van der Waals surface area contributed by atoms with Crippen LogP contribution in [0.15, 0.2) is 12.1 Å². The first-order valence-electron chi connectivity index (χ1n) is 3.21. The molecular weight excluding hydrogens is 274 g/mol. The maximum absolute atomic E-state index is 12.8. The first-order chi connectivity index (χ1) is 5.52. The molecule has 0 aliphatic rings. The van der Waals surface area contributed by atoms with Gasteiger partial charge in [0.25, 0.3) is 0 Å². The van der Waals surface area contributed by atoms with E-state index in [1.54, 1.807) is 22.6 Å². The second kappa shape index (κ2) is 3.38. The Morgan fingerprint density at radius 3 is 2.58 bits per heavy atom. The van der Waals surface area contributed by atoms with Crippen molar-refractivity contribution in [2.45, 2.75) is 6.92 Å². The molecule has 0 aromatic heterocycles. The van der Waals surface area contributed by atoms with Crippen LogP contribution in [0.5, 0.6) is 5.75 Å². The quantitative estimate of drug-likeness (QED) is 0.633. The lowest BCUT2D eigenvalue weighted by Crippen LogP contribution is -1.94. The molecule has 0 aliphatic carbocycles. The van der Waals surface area contributed by atoms with Crippen LogP contribution in [0.1, 0.15) is 17.3 Å². The Balaban J connectivity index is 3.31. The van der Waals surface area contributed by atoms with Crippen molar-refractivity contribution in [2.24, 2.45) is 0 Å². The Hall–Kier alpha value is -0.650. The van der Waals surface area contributed by atoms with Crippen molar-refractivity contribution in [3.8, 4) is 5.75 Å². The highest BCUT2D eigenvalue weighted by Crippen LogP contribution is 2.24. The Labute approximate surface area is 82.5 Å². The van der Waals surface area contributed by atoms with Crippen LogP contribution in [0.25, 0.3) is 0 Å². The molecule has 64 valence electrons. The first-order valence-corrected chi connectivity index (χ1v) is 4.29. The Morgan fingerprint density at radius 2 is 2.17 bits per heavy atom. The standard InChI is InChI=1S/C8H6FIO2/c1-4(11)5-2-6(9)8(12)7(10)3-5/h2-3,12H,1H3. The fourth-order valence-corrected chi connectivity index (χ4v) is 1.36. The molecule has 12 heavy (non-hydrogen) atoms. The second-order valence-electron chi connectivity index (χ2n) is 2.34. The number of carbonyl (C=O) groups is 1. The van der Waals surface area contributed by atoms with Crippen LogP contribution in [0.3, 0.4) is 0 Å². The molecule has 0 atom stereocenters. The van der Waals surface area contributed by atoms with E-state index < -0.39 is 11.6 Å². The van der Waals surface area contributed by atoms with Gasteiger partial charge >= 0.3 is 0 Å². The van der Waals surface area contributed by atoms with Crippen LogP contribution in [0.2, 0.25) is 0 Å². The van der Waals surface area contributed by atoms with E-state index >= 15 is 0 Å².